The average molecular weight is 300 g/mol. The summed E-state index contributed by atoms with van der Waals surface area (Å²) in [5, 5.41) is 12.4. The van der Waals surface area contributed by atoms with E-state index < -0.39 is 16.1 Å². The van der Waals surface area contributed by atoms with Crippen LogP contribution < -0.4 is 5.32 Å². The Morgan fingerprint density at radius 2 is 1.90 bits per heavy atom. The van der Waals surface area contributed by atoms with Crippen molar-refractivity contribution in [2.45, 2.75) is 37.7 Å². The molecule has 20 heavy (non-hydrogen) atoms. The maximum absolute atomic E-state index is 12.3. The fraction of sp³-hybridized carbons (Fsp3) is 0.571. The predicted octanol–water partition coefficient (Wildman–Crippen LogP) is 1.90. The van der Waals surface area contributed by atoms with Gasteiger partial charge in [-0.2, -0.15) is 0 Å². The number of nitrogens with zero attached hydrogens (tertiary/aromatic N) is 1. The fourth-order valence-electron chi connectivity index (χ4n) is 1.68. The van der Waals surface area contributed by atoms with Crippen molar-refractivity contribution < 1.29 is 13.5 Å². The molecule has 1 rings (SSSR count). The van der Waals surface area contributed by atoms with Gasteiger partial charge < -0.3 is 10.4 Å². The van der Waals surface area contributed by atoms with Gasteiger partial charge in [-0.05, 0) is 44.0 Å². The van der Waals surface area contributed by atoms with Crippen LogP contribution in [0.1, 0.15) is 26.7 Å². The Balaban J connectivity index is 2.76. The van der Waals surface area contributed by atoms with E-state index in [1.165, 1.54) is 11.4 Å². The average Bonchev–Trinajstić information content (AvgIpc) is 2.42. The monoisotopic (exact) mass is 300 g/mol. The van der Waals surface area contributed by atoms with Crippen LogP contribution in [0.25, 0.3) is 0 Å². The minimum atomic E-state index is -3.48. The Bertz CT molecular complexity index is 498. The summed E-state index contributed by atoms with van der Waals surface area (Å²) in [6.45, 7) is 4.88. The third-order valence-electron chi connectivity index (χ3n) is 3.00. The highest BCUT2D eigenvalue weighted by Crippen LogP contribution is 2.17. The van der Waals surface area contributed by atoms with E-state index in [1.54, 1.807) is 31.2 Å². The summed E-state index contributed by atoms with van der Waals surface area (Å²) < 4.78 is 25.9. The molecule has 0 amide bonds. The molecule has 1 atom stereocenters. The van der Waals surface area contributed by atoms with E-state index in [-0.39, 0.29) is 4.90 Å². The lowest BCUT2D eigenvalue weighted by Gasteiger charge is -2.18. The van der Waals surface area contributed by atoms with E-state index in [0.29, 0.717) is 13.0 Å². The normalized spacial score (nSPS) is 13.4. The number of anilines is 1. The Labute approximate surface area is 121 Å². The van der Waals surface area contributed by atoms with E-state index in [9.17, 15) is 13.5 Å². The van der Waals surface area contributed by atoms with Crippen LogP contribution in [0.5, 0.6) is 0 Å². The van der Waals surface area contributed by atoms with Gasteiger partial charge in [-0.1, -0.05) is 6.92 Å². The summed E-state index contributed by atoms with van der Waals surface area (Å²) in [4.78, 5) is 0.271. The van der Waals surface area contributed by atoms with Crippen molar-refractivity contribution in [1.29, 1.82) is 0 Å². The highest BCUT2D eigenvalue weighted by atomic mass is 32.2. The summed E-state index contributed by atoms with van der Waals surface area (Å²) >= 11 is 0. The smallest absolute Gasteiger partial charge is 0.242 e. The number of hydrogen-bond acceptors (Lipinski definition) is 4. The van der Waals surface area contributed by atoms with E-state index in [1.807, 2.05) is 0 Å². The first-order valence-corrected chi connectivity index (χ1v) is 8.30. The van der Waals surface area contributed by atoms with E-state index in [0.717, 1.165) is 18.7 Å². The molecule has 2 N–H and O–H groups in total. The van der Waals surface area contributed by atoms with Gasteiger partial charge in [0.25, 0.3) is 0 Å². The molecule has 1 aromatic rings. The molecule has 0 saturated heterocycles. The van der Waals surface area contributed by atoms with E-state index in [2.05, 4.69) is 12.2 Å². The van der Waals surface area contributed by atoms with Crippen LogP contribution in [0, 0.1) is 0 Å². The van der Waals surface area contributed by atoms with Crippen molar-refractivity contribution in [2.75, 3.05) is 25.5 Å². The summed E-state index contributed by atoms with van der Waals surface area (Å²) in [5.74, 6) is 0. The molecule has 0 radical (unpaired) electrons. The molecule has 0 aromatic heterocycles. The Hall–Kier alpha value is -1.11. The van der Waals surface area contributed by atoms with Gasteiger partial charge in [0, 0.05) is 25.8 Å². The van der Waals surface area contributed by atoms with Gasteiger partial charge in [-0.3, -0.25) is 0 Å². The molecule has 0 fully saturated rings. The lowest BCUT2D eigenvalue weighted by atomic mass is 10.3. The quantitative estimate of drug-likeness (QED) is 0.769. The number of aliphatic hydroxyl groups is 1. The number of benzene rings is 1. The second-order valence-electron chi connectivity index (χ2n) is 4.92. The van der Waals surface area contributed by atoms with Gasteiger partial charge in [0.2, 0.25) is 10.0 Å². The SMILES string of the molecule is CCCNc1ccc(S(=O)(=O)N(C)CCC(C)O)cc1. The lowest BCUT2D eigenvalue weighted by Crippen LogP contribution is -2.29. The van der Waals surface area contributed by atoms with Crippen molar-refractivity contribution in [1.82, 2.24) is 4.31 Å². The van der Waals surface area contributed by atoms with Crippen LogP contribution in [0.4, 0.5) is 5.69 Å². The summed E-state index contributed by atoms with van der Waals surface area (Å²) in [5.41, 5.74) is 0.914. The van der Waals surface area contributed by atoms with Gasteiger partial charge in [0.05, 0.1) is 11.0 Å². The van der Waals surface area contributed by atoms with Crippen LogP contribution in [0.2, 0.25) is 0 Å². The van der Waals surface area contributed by atoms with Crippen LogP contribution in [0.15, 0.2) is 29.2 Å². The Kier molecular flexibility index (Phi) is 6.45. The van der Waals surface area contributed by atoms with Crippen molar-refractivity contribution in [3.8, 4) is 0 Å². The predicted molar refractivity (Wildman–Crippen MR) is 81.3 cm³/mol. The Morgan fingerprint density at radius 3 is 2.40 bits per heavy atom. The number of hydrogen-bond donors (Lipinski definition) is 2. The first kappa shape index (κ1) is 16.9. The van der Waals surface area contributed by atoms with Crippen LogP contribution in [-0.4, -0.2) is 44.1 Å². The number of nitrogens with one attached hydrogen (secondary N) is 1. The van der Waals surface area contributed by atoms with E-state index in [4.69, 9.17) is 0 Å². The van der Waals surface area contributed by atoms with Gasteiger partial charge >= 0.3 is 0 Å². The van der Waals surface area contributed by atoms with Crippen LogP contribution in [-0.2, 0) is 10.0 Å². The van der Waals surface area contributed by atoms with E-state index >= 15 is 0 Å². The molecule has 6 heteroatoms. The number of rotatable bonds is 8. The van der Waals surface area contributed by atoms with Crippen LogP contribution in [0.3, 0.4) is 0 Å². The molecular weight excluding hydrogens is 276 g/mol. The zero-order valence-corrected chi connectivity index (χ0v) is 13.2. The van der Waals surface area contributed by atoms with Crippen molar-refractivity contribution in [2.24, 2.45) is 0 Å². The molecule has 1 aromatic carbocycles. The first-order chi connectivity index (χ1) is 9.37. The zero-order chi connectivity index (χ0) is 15.2. The van der Waals surface area contributed by atoms with Crippen molar-refractivity contribution >= 4 is 15.7 Å². The van der Waals surface area contributed by atoms with Gasteiger partial charge in [-0.25, -0.2) is 12.7 Å². The molecule has 0 aliphatic rings. The largest absolute Gasteiger partial charge is 0.393 e. The highest BCUT2D eigenvalue weighted by molar-refractivity contribution is 7.89. The van der Waals surface area contributed by atoms with Crippen molar-refractivity contribution in [3.05, 3.63) is 24.3 Å². The lowest BCUT2D eigenvalue weighted by molar-refractivity contribution is 0.177. The molecule has 0 bridgehead atoms. The van der Waals surface area contributed by atoms with Crippen molar-refractivity contribution in [3.63, 3.8) is 0 Å². The number of sulfonamides is 1. The van der Waals surface area contributed by atoms with Gasteiger partial charge in [0.15, 0.2) is 0 Å². The maximum Gasteiger partial charge on any atom is 0.242 e. The zero-order valence-electron chi connectivity index (χ0n) is 12.3. The molecule has 0 aliphatic carbocycles. The highest BCUT2D eigenvalue weighted by Gasteiger charge is 2.20. The molecular formula is C14H24N2O3S. The molecule has 114 valence electrons. The minimum absolute atomic E-state index is 0.271. The third kappa shape index (κ3) is 4.77. The Morgan fingerprint density at radius 1 is 1.30 bits per heavy atom. The van der Waals surface area contributed by atoms with Gasteiger partial charge in [0.1, 0.15) is 0 Å². The number of aliphatic hydroxyl groups excluding tert-OH is 1. The fourth-order valence-corrected chi connectivity index (χ4v) is 2.87. The molecule has 5 nitrogen and oxygen atoms in total. The third-order valence-corrected chi connectivity index (χ3v) is 4.87. The second kappa shape index (κ2) is 7.61. The summed E-state index contributed by atoms with van der Waals surface area (Å²) in [6.07, 6.45) is 0.932. The summed E-state index contributed by atoms with van der Waals surface area (Å²) in [7, 11) is -1.95. The molecule has 0 heterocycles. The van der Waals surface area contributed by atoms with Gasteiger partial charge in [-0.15, -0.1) is 0 Å². The summed E-state index contributed by atoms with van der Waals surface area (Å²) in [6, 6.07) is 6.74. The first-order valence-electron chi connectivity index (χ1n) is 6.86. The standard InChI is InChI=1S/C14H24N2O3S/c1-4-10-15-13-5-7-14(8-6-13)20(18,19)16(3)11-9-12(2)17/h5-8,12,15,17H,4,9-11H2,1-3H3. The molecule has 0 saturated carbocycles. The second-order valence-corrected chi connectivity index (χ2v) is 6.96. The molecule has 1 unspecified atom stereocenters. The van der Waals surface area contributed by atoms with Crippen LogP contribution >= 0.6 is 0 Å². The molecule has 0 spiro atoms. The molecule has 0 aliphatic heterocycles. The topological polar surface area (TPSA) is 69.6 Å². The minimum Gasteiger partial charge on any atom is -0.393 e. The maximum atomic E-state index is 12.3.